The molecule has 1 fully saturated rings. The Morgan fingerprint density at radius 3 is 2.40 bits per heavy atom. The molecule has 1 aliphatic carbocycles. The van der Waals surface area contributed by atoms with E-state index < -0.39 is 28.5 Å². The molecule has 1 saturated carbocycles. The Bertz CT molecular complexity index is 1180. The molecule has 0 spiro atoms. The van der Waals surface area contributed by atoms with Crippen molar-refractivity contribution in [2.45, 2.75) is 65.1 Å². The first-order valence-electron chi connectivity index (χ1n) is 11.8. The molecule has 3 rings (SSSR count). The first-order chi connectivity index (χ1) is 16.5. The van der Waals surface area contributed by atoms with Gasteiger partial charge in [-0.25, -0.2) is 8.42 Å². The predicted octanol–water partition coefficient (Wildman–Crippen LogP) is 4.20. The number of hydrogen-bond acceptors (Lipinski definition) is 4. The maximum atomic E-state index is 13.6. The van der Waals surface area contributed by atoms with Crippen molar-refractivity contribution in [2.75, 3.05) is 17.1 Å². The van der Waals surface area contributed by atoms with Gasteiger partial charge in [0.15, 0.2) is 0 Å². The van der Waals surface area contributed by atoms with Crippen molar-refractivity contribution in [1.82, 2.24) is 10.2 Å². The van der Waals surface area contributed by atoms with Gasteiger partial charge >= 0.3 is 0 Å². The average Bonchev–Trinajstić information content (AvgIpc) is 3.29. The Kier molecular flexibility index (Phi) is 8.83. The van der Waals surface area contributed by atoms with Crippen LogP contribution in [0.3, 0.4) is 0 Å². The van der Waals surface area contributed by atoms with E-state index in [0.29, 0.717) is 10.7 Å². The Balaban J connectivity index is 1.89. The van der Waals surface area contributed by atoms with Gasteiger partial charge in [0.05, 0.1) is 11.9 Å². The Labute approximate surface area is 213 Å². The molecule has 0 aliphatic heterocycles. The molecule has 35 heavy (non-hydrogen) atoms. The third-order valence-electron chi connectivity index (χ3n) is 6.43. The second-order valence-corrected chi connectivity index (χ2v) is 11.7. The Hall–Kier alpha value is -2.58. The minimum atomic E-state index is -3.79. The number of nitrogens with one attached hydrogen (secondary N) is 1. The molecule has 1 aliphatic rings. The zero-order valence-corrected chi connectivity index (χ0v) is 22.3. The maximum absolute atomic E-state index is 13.6. The summed E-state index contributed by atoms with van der Waals surface area (Å²) < 4.78 is 26.3. The van der Waals surface area contributed by atoms with Crippen LogP contribution >= 0.6 is 11.6 Å². The van der Waals surface area contributed by atoms with E-state index in [1.807, 2.05) is 38.1 Å². The highest BCUT2D eigenvalue weighted by Gasteiger charge is 2.31. The summed E-state index contributed by atoms with van der Waals surface area (Å²) in [6.07, 6.45) is 5.07. The van der Waals surface area contributed by atoms with Crippen molar-refractivity contribution in [3.8, 4) is 0 Å². The summed E-state index contributed by atoms with van der Waals surface area (Å²) in [5.74, 6) is -0.704. The minimum absolute atomic E-state index is 0.114. The lowest BCUT2D eigenvalue weighted by Crippen LogP contribution is -2.52. The molecule has 7 nitrogen and oxygen atoms in total. The van der Waals surface area contributed by atoms with Crippen molar-refractivity contribution in [3.05, 3.63) is 64.2 Å². The van der Waals surface area contributed by atoms with Crippen LogP contribution in [0.25, 0.3) is 0 Å². The van der Waals surface area contributed by atoms with Gasteiger partial charge < -0.3 is 10.2 Å². The summed E-state index contributed by atoms with van der Waals surface area (Å²) in [5, 5.41) is 3.46. The molecule has 1 atom stereocenters. The van der Waals surface area contributed by atoms with Gasteiger partial charge in [0.2, 0.25) is 21.8 Å². The van der Waals surface area contributed by atoms with Crippen LogP contribution in [0.1, 0.15) is 49.3 Å². The number of amides is 2. The molecule has 0 aromatic heterocycles. The lowest BCUT2D eigenvalue weighted by molar-refractivity contribution is -0.139. The highest BCUT2D eigenvalue weighted by molar-refractivity contribution is 7.92. The number of sulfonamides is 1. The van der Waals surface area contributed by atoms with Crippen LogP contribution in [0.5, 0.6) is 0 Å². The van der Waals surface area contributed by atoms with Gasteiger partial charge in [-0.1, -0.05) is 60.3 Å². The van der Waals surface area contributed by atoms with E-state index in [-0.39, 0.29) is 18.5 Å². The fraction of sp³-hybridized carbons (Fsp3) is 0.462. The normalized spacial score (nSPS) is 15.0. The van der Waals surface area contributed by atoms with Crippen LogP contribution < -0.4 is 9.62 Å². The summed E-state index contributed by atoms with van der Waals surface area (Å²) in [6, 6.07) is 11.9. The number of benzene rings is 2. The number of rotatable bonds is 9. The van der Waals surface area contributed by atoms with Crippen molar-refractivity contribution >= 4 is 39.1 Å². The molecule has 0 bridgehead atoms. The summed E-state index contributed by atoms with van der Waals surface area (Å²) in [6.45, 7) is 5.21. The van der Waals surface area contributed by atoms with E-state index in [1.165, 1.54) is 11.0 Å². The summed E-state index contributed by atoms with van der Waals surface area (Å²) >= 11 is 6.23. The average molecular weight is 520 g/mol. The molecule has 9 heteroatoms. The second-order valence-electron chi connectivity index (χ2n) is 9.38. The molecule has 1 N–H and O–H groups in total. The van der Waals surface area contributed by atoms with E-state index in [4.69, 9.17) is 11.6 Å². The SMILES string of the molecule is Cc1cccc(CN(C(=O)CN(c2ccc(C)c(Cl)c2)S(C)(=O)=O)[C@@H](C)C(=O)NC2CCCC2)c1. The number of halogens is 1. The van der Waals surface area contributed by atoms with Gasteiger partial charge in [-0.2, -0.15) is 0 Å². The quantitative estimate of drug-likeness (QED) is 0.538. The predicted molar refractivity (Wildman–Crippen MR) is 140 cm³/mol. The summed E-state index contributed by atoms with van der Waals surface area (Å²) in [5.41, 5.74) is 3.00. The molecule has 2 aromatic carbocycles. The van der Waals surface area contributed by atoms with Crippen LogP contribution in [0, 0.1) is 13.8 Å². The highest BCUT2D eigenvalue weighted by atomic mass is 35.5. The van der Waals surface area contributed by atoms with Gasteiger partial charge in [0, 0.05) is 17.6 Å². The van der Waals surface area contributed by atoms with E-state index in [0.717, 1.165) is 52.9 Å². The van der Waals surface area contributed by atoms with Gasteiger partial charge in [-0.3, -0.25) is 13.9 Å². The molecule has 0 unspecified atom stereocenters. The number of nitrogens with zero attached hydrogens (tertiary/aromatic N) is 2. The number of hydrogen-bond donors (Lipinski definition) is 1. The largest absolute Gasteiger partial charge is 0.352 e. The standard InChI is InChI=1S/C26H34ClN3O4S/c1-18-8-7-9-21(14-18)16-29(20(3)26(32)28-22-10-5-6-11-22)25(31)17-30(35(4,33)34)23-13-12-19(2)24(27)15-23/h7-9,12-15,20,22H,5-6,10-11,16-17H2,1-4H3,(H,28,32)/t20-/m0/s1. The Morgan fingerprint density at radius 2 is 1.80 bits per heavy atom. The fourth-order valence-corrected chi connectivity index (χ4v) is 5.35. The zero-order valence-electron chi connectivity index (χ0n) is 20.8. The third-order valence-corrected chi connectivity index (χ3v) is 7.97. The molecule has 190 valence electrons. The monoisotopic (exact) mass is 519 g/mol. The Morgan fingerprint density at radius 1 is 1.11 bits per heavy atom. The zero-order chi connectivity index (χ0) is 25.8. The van der Waals surface area contributed by atoms with Crippen LogP contribution in [0.4, 0.5) is 5.69 Å². The van der Waals surface area contributed by atoms with E-state index in [1.54, 1.807) is 19.1 Å². The number of carbonyl (C=O) groups is 2. The molecule has 2 aromatic rings. The molecule has 2 amide bonds. The summed E-state index contributed by atoms with van der Waals surface area (Å²) in [4.78, 5) is 28.1. The number of aryl methyl sites for hydroxylation is 2. The van der Waals surface area contributed by atoms with Crippen LogP contribution in [0.15, 0.2) is 42.5 Å². The first kappa shape index (κ1) is 27.0. The van der Waals surface area contributed by atoms with E-state index in [2.05, 4.69) is 5.32 Å². The van der Waals surface area contributed by atoms with Crippen LogP contribution in [-0.2, 0) is 26.2 Å². The van der Waals surface area contributed by atoms with Crippen LogP contribution in [-0.4, -0.2) is 50.0 Å². The maximum Gasteiger partial charge on any atom is 0.244 e. The molecule has 0 saturated heterocycles. The van der Waals surface area contributed by atoms with E-state index >= 15 is 0 Å². The van der Waals surface area contributed by atoms with E-state index in [9.17, 15) is 18.0 Å². The van der Waals surface area contributed by atoms with Crippen molar-refractivity contribution in [1.29, 1.82) is 0 Å². The molecule has 0 heterocycles. The number of carbonyl (C=O) groups excluding carboxylic acids is 2. The van der Waals surface area contributed by atoms with Gasteiger partial charge in [0.1, 0.15) is 12.6 Å². The number of anilines is 1. The molecular formula is C26H34ClN3O4S. The fourth-order valence-electron chi connectivity index (χ4n) is 4.33. The lowest BCUT2D eigenvalue weighted by atomic mass is 10.1. The highest BCUT2D eigenvalue weighted by Crippen LogP contribution is 2.25. The lowest BCUT2D eigenvalue weighted by Gasteiger charge is -2.32. The second kappa shape index (κ2) is 11.4. The van der Waals surface area contributed by atoms with Gasteiger partial charge in [0.25, 0.3) is 0 Å². The molecule has 0 radical (unpaired) electrons. The molecular weight excluding hydrogens is 486 g/mol. The van der Waals surface area contributed by atoms with Crippen molar-refractivity contribution < 1.29 is 18.0 Å². The first-order valence-corrected chi connectivity index (χ1v) is 14.1. The van der Waals surface area contributed by atoms with Gasteiger partial charge in [-0.15, -0.1) is 0 Å². The smallest absolute Gasteiger partial charge is 0.244 e. The summed E-state index contributed by atoms with van der Waals surface area (Å²) in [7, 11) is -3.79. The topological polar surface area (TPSA) is 86.8 Å². The van der Waals surface area contributed by atoms with Gasteiger partial charge in [-0.05, 0) is 56.9 Å². The third kappa shape index (κ3) is 7.21. The van der Waals surface area contributed by atoms with Crippen molar-refractivity contribution in [3.63, 3.8) is 0 Å². The van der Waals surface area contributed by atoms with Crippen molar-refractivity contribution in [2.24, 2.45) is 0 Å². The van der Waals surface area contributed by atoms with Crippen LogP contribution in [0.2, 0.25) is 5.02 Å². The minimum Gasteiger partial charge on any atom is -0.352 e.